The smallest absolute Gasteiger partial charge is 0.368 e. The van der Waals surface area contributed by atoms with Crippen LogP contribution in [0.4, 0.5) is 11.6 Å². The Balaban J connectivity index is 1.41. The highest BCUT2D eigenvalue weighted by molar-refractivity contribution is 5.48. The fourth-order valence-corrected chi connectivity index (χ4v) is 3.49. The van der Waals surface area contributed by atoms with Gasteiger partial charge in [0.25, 0.3) is 0 Å². The van der Waals surface area contributed by atoms with E-state index in [4.69, 9.17) is 4.74 Å². The van der Waals surface area contributed by atoms with Crippen LogP contribution in [0.2, 0.25) is 0 Å². The van der Waals surface area contributed by atoms with Crippen molar-refractivity contribution in [2.75, 3.05) is 31.6 Å². The Kier molecular flexibility index (Phi) is 4.03. The van der Waals surface area contributed by atoms with E-state index in [1.165, 1.54) is 10.7 Å². The molecule has 0 saturated carbocycles. The molecule has 2 aromatic rings. The summed E-state index contributed by atoms with van der Waals surface area (Å²) in [6, 6.07) is 4.46. The van der Waals surface area contributed by atoms with Gasteiger partial charge in [-0.25, -0.2) is 4.98 Å². The summed E-state index contributed by atoms with van der Waals surface area (Å²) in [6.45, 7) is 3.80. The number of nitrogens with zero attached hydrogens (tertiary/aromatic N) is 5. The van der Waals surface area contributed by atoms with Gasteiger partial charge in [-0.05, 0) is 30.3 Å². The lowest BCUT2D eigenvalue weighted by molar-refractivity contribution is -0.391. The maximum atomic E-state index is 11.0. The van der Waals surface area contributed by atoms with Crippen LogP contribution in [0.25, 0.3) is 5.65 Å². The van der Waals surface area contributed by atoms with Crippen molar-refractivity contribution in [3.05, 3.63) is 28.4 Å². The van der Waals surface area contributed by atoms with Gasteiger partial charge in [0.15, 0.2) is 5.82 Å². The van der Waals surface area contributed by atoms with Crippen molar-refractivity contribution in [3.8, 4) is 0 Å². The third kappa shape index (κ3) is 2.92. The molecule has 2 fully saturated rings. The summed E-state index contributed by atoms with van der Waals surface area (Å²) >= 11 is 0. The average Bonchev–Trinajstić information content (AvgIpc) is 3.25. The van der Waals surface area contributed by atoms with E-state index in [-0.39, 0.29) is 5.82 Å². The number of imidazole rings is 1. The number of rotatable bonds is 4. The van der Waals surface area contributed by atoms with Gasteiger partial charge in [0.2, 0.25) is 5.65 Å². The van der Waals surface area contributed by atoms with Crippen molar-refractivity contribution in [1.29, 1.82) is 0 Å². The van der Waals surface area contributed by atoms with Gasteiger partial charge >= 0.3 is 5.82 Å². The summed E-state index contributed by atoms with van der Waals surface area (Å²) in [5.41, 5.74) is 0.475. The van der Waals surface area contributed by atoms with Crippen LogP contribution in [-0.4, -0.2) is 62.8 Å². The second-order valence-corrected chi connectivity index (χ2v) is 6.33. The minimum atomic E-state index is -0.473. The first-order valence-corrected chi connectivity index (χ1v) is 8.28. The van der Waals surface area contributed by atoms with E-state index >= 15 is 0 Å². The number of nitro groups is 1. The zero-order valence-electron chi connectivity index (χ0n) is 13.3. The van der Waals surface area contributed by atoms with Crippen LogP contribution in [-0.2, 0) is 4.74 Å². The van der Waals surface area contributed by atoms with E-state index in [1.54, 1.807) is 6.07 Å². The predicted molar refractivity (Wildman–Crippen MR) is 87.1 cm³/mol. The molecule has 9 nitrogen and oxygen atoms in total. The second kappa shape index (κ2) is 6.33. The van der Waals surface area contributed by atoms with Crippen molar-refractivity contribution in [3.63, 3.8) is 0 Å². The summed E-state index contributed by atoms with van der Waals surface area (Å²) in [5.74, 6) is 0.524. The molecule has 2 aliphatic heterocycles. The van der Waals surface area contributed by atoms with Crippen molar-refractivity contribution in [2.24, 2.45) is 0 Å². The summed E-state index contributed by atoms with van der Waals surface area (Å²) in [4.78, 5) is 17.0. The molecule has 2 aromatic heterocycles. The van der Waals surface area contributed by atoms with Gasteiger partial charge in [0.1, 0.15) is 6.20 Å². The molecule has 0 bridgehead atoms. The zero-order valence-corrected chi connectivity index (χ0v) is 13.3. The average molecular weight is 332 g/mol. The molecule has 0 spiro atoms. The third-order valence-electron chi connectivity index (χ3n) is 4.83. The number of piperidine rings is 1. The van der Waals surface area contributed by atoms with Gasteiger partial charge in [-0.3, -0.25) is 4.90 Å². The van der Waals surface area contributed by atoms with Crippen molar-refractivity contribution in [1.82, 2.24) is 19.5 Å². The lowest BCUT2D eigenvalue weighted by atomic mass is 10.0. The Morgan fingerprint density at radius 1 is 1.29 bits per heavy atom. The van der Waals surface area contributed by atoms with Crippen LogP contribution in [0.15, 0.2) is 18.3 Å². The molecule has 1 atom stereocenters. The molecule has 1 unspecified atom stereocenters. The van der Waals surface area contributed by atoms with Gasteiger partial charge < -0.3 is 20.2 Å². The number of aromatic nitrogens is 3. The molecule has 0 amide bonds. The minimum absolute atomic E-state index is 0.121. The Labute approximate surface area is 138 Å². The molecular formula is C15H20N6O3. The molecule has 4 heterocycles. The molecule has 0 aromatic carbocycles. The van der Waals surface area contributed by atoms with Crippen LogP contribution in [0.5, 0.6) is 0 Å². The third-order valence-corrected chi connectivity index (χ3v) is 4.83. The number of ether oxygens (including phenoxy) is 1. The fourth-order valence-electron chi connectivity index (χ4n) is 3.49. The van der Waals surface area contributed by atoms with Crippen LogP contribution in [0.1, 0.15) is 19.3 Å². The Hall–Kier alpha value is -2.26. The zero-order chi connectivity index (χ0) is 16.5. The number of hydrogen-bond acceptors (Lipinski definition) is 7. The summed E-state index contributed by atoms with van der Waals surface area (Å²) in [7, 11) is 0. The molecule has 1 N–H and O–H groups in total. The van der Waals surface area contributed by atoms with Crippen LogP contribution in [0.3, 0.4) is 0 Å². The standard InChI is InChI=1S/C15H20N6O3/c22-21(23)15-9-16-14-2-1-13(18-20(14)15)17-11-3-6-19(7-4-11)12-5-8-24-10-12/h1-2,9,11-12H,3-8,10H2,(H,17,18). The topological polar surface area (TPSA) is 97.8 Å². The highest BCUT2D eigenvalue weighted by atomic mass is 16.6. The first-order chi connectivity index (χ1) is 11.7. The molecule has 9 heteroatoms. The lowest BCUT2D eigenvalue weighted by Gasteiger charge is -2.35. The minimum Gasteiger partial charge on any atom is -0.380 e. The lowest BCUT2D eigenvalue weighted by Crippen LogP contribution is -2.45. The van der Waals surface area contributed by atoms with E-state index in [0.29, 0.717) is 23.5 Å². The first-order valence-electron chi connectivity index (χ1n) is 8.28. The quantitative estimate of drug-likeness (QED) is 0.665. The highest BCUT2D eigenvalue weighted by Crippen LogP contribution is 2.21. The highest BCUT2D eigenvalue weighted by Gasteiger charge is 2.28. The molecule has 24 heavy (non-hydrogen) atoms. The monoisotopic (exact) mass is 332 g/mol. The number of anilines is 1. The van der Waals surface area contributed by atoms with E-state index in [9.17, 15) is 10.1 Å². The number of likely N-dealkylation sites (tertiary alicyclic amines) is 1. The Morgan fingerprint density at radius 2 is 2.12 bits per heavy atom. The second-order valence-electron chi connectivity index (χ2n) is 6.33. The summed E-state index contributed by atoms with van der Waals surface area (Å²) < 4.78 is 6.74. The fraction of sp³-hybridized carbons (Fsp3) is 0.600. The van der Waals surface area contributed by atoms with Crippen LogP contribution < -0.4 is 5.32 Å². The van der Waals surface area contributed by atoms with E-state index in [2.05, 4.69) is 20.3 Å². The maximum Gasteiger partial charge on any atom is 0.368 e. The van der Waals surface area contributed by atoms with Gasteiger partial charge in [-0.15, -0.1) is 0 Å². The molecule has 2 aliphatic rings. The van der Waals surface area contributed by atoms with E-state index < -0.39 is 4.92 Å². The van der Waals surface area contributed by atoms with Gasteiger partial charge in [0, 0.05) is 37.8 Å². The van der Waals surface area contributed by atoms with Gasteiger partial charge in [0.05, 0.1) is 6.61 Å². The molecule has 0 radical (unpaired) electrons. The van der Waals surface area contributed by atoms with Gasteiger partial charge in [-0.2, -0.15) is 0 Å². The SMILES string of the molecule is O=[N+]([O-])c1cnc2ccc(NC3CCN(C4CCOC4)CC3)nn12. The Bertz CT molecular complexity index is 734. The summed E-state index contributed by atoms with van der Waals surface area (Å²) in [6.07, 6.45) is 4.42. The van der Waals surface area contributed by atoms with Crippen molar-refractivity contribution in [2.45, 2.75) is 31.3 Å². The van der Waals surface area contributed by atoms with Crippen molar-refractivity contribution < 1.29 is 9.66 Å². The molecular weight excluding hydrogens is 312 g/mol. The number of fused-ring (bicyclic) bond motifs is 1. The van der Waals surface area contributed by atoms with Crippen molar-refractivity contribution >= 4 is 17.3 Å². The molecule has 0 aliphatic carbocycles. The van der Waals surface area contributed by atoms with Crippen LogP contribution in [0, 0.1) is 10.1 Å². The normalized spacial score (nSPS) is 22.9. The maximum absolute atomic E-state index is 11.0. The number of hydrogen-bond donors (Lipinski definition) is 1. The largest absolute Gasteiger partial charge is 0.380 e. The molecule has 128 valence electrons. The van der Waals surface area contributed by atoms with E-state index in [0.717, 1.165) is 45.6 Å². The number of nitrogens with one attached hydrogen (secondary N) is 1. The Morgan fingerprint density at radius 3 is 2.83 bits per heavy atom. The first kappa shape index (κ1) is 15.3. The summed E-state index contributed by atoms with van der Waals surface area (Å²) in [5, 5.41) is 18.7. The molecule has 2 saturated heterocycles. The predicted octanol–water partition coefficient (Wildman–Crippen LogP) is 1.30. The van der Waals surface area contributed by atoms with Crippen LogP contribution >= 0.6 is 0 Å². The molecule has 4 rings (SSSR count). The van der Waals surface area contributed by atoms with Gasteiger partial charge in [-0.1, -0.05) is 9.61 Å². The van der Waals surface area contributed by atoms with E-state index in [1.807, 2.05) is 6.07 Å².